The highest BCUT2D eigenvalue weighted by atomic mass is 16.5. The first kappa shape index (κ1) is 13.8. The monoisotopic (exact) mass is 281 g/mol. The van der Waals surface area contributed by atoms with E-state index in [1.165, 1.54) is 5.56 Å². The highest BCUT2D eigenvalue weighted by Crippen LogP contribution is 2.35. The van der Waals surface area contributed by atoms with Gasteiger partial charge in [0.25, 0.3) is 0 Å². The third-order valence-electron chi connectivity index (χ3n) is 4.06. The Labute approximate surface area is 124 Å². The van der Waals surface area contributed by atoms with Crippen LogP contribution < -0.4 is 11.1 Å². The van der Waals surface area contributed by atoms with E-state index < -0.39 is 5.72 Å². The van der Waals surface area contributed by atoms with E-state index in [1.807, 2.05) is 36.4 Å². The summed E-state index contributed by atoms with van der Waals surface area (Å²) in [7, 11) is 1.73. The number of hydrogen-bond acceptors (Lipinski definition) is 3. The second-order valence-electron chi connectivity index (χ2n) is 5.33. The Balaban J connectivity index is 1.98. The van der Waals surface area contributed by atoms with Crippen molar-refractivity contribution in [2.24, 2.45) is 5.73 Å². The number of nitrogen functional groups attached to an aromatic ring is 1. The van der Waals surface area contributed by atoms with Gasteiger partial charge in [-0.1, -0.05) is 42.5 Å². The Morgan fingerprint density at radius 2 is 2.05 bits per heavy atom. The van der Waals surface area contributed by atoms with Gasteiger partial charge in [0.05, 0.1) is 0 Å². The van der Waals surface area contributed by atoms with E-state index in [0.29, 0.717) is 0 Å². The summed E-state index contributed by atoms with van der Waals surface area (Å²) in [6.45, 7) is 0.719. The number of rotatable bonds is 4. The van der Waals surface area contributed by atoms with Crippen LogP contribution in [0.4, 0.5) is 0 Å². The van der Waals surface area contributed by atoms with Gasteiger partial charge in [-0.25, -0.2) is 0 Å². The molecule has 0 spiro atoms. The standard InChI is InChI=1S/C17H19N3O/c1-21-17(10-12-5-3-2-4-6-12)15-8-7-13(16(18)19)9-14(15)11-20-17/h2-9,20H,10-11H2,1H3,(H3,18,19). The molecule has 1 unspecified atom stereocenters. The third kappa shape index (κ3) is 2.44. The van der Waals surface area contributed by atoms with Gasteiger partial charge in [0.2, 0.25) is 0 Å². The van der Waals surface area contributed by atoms with Crippen molar-refractivity contribution >= 4 is 5.84 Å². The topological polar surface area (TPSA) is 71.1 Å². The molecule has 0 saturated heterocycles. The predicted octanol–water partition coefficient (Wildman–Crippen LogP) is 2.12. The van der Waals surface area contributed by atoms with Gasteiger partial charge in [-0.15, -0.1) is 0 Å². The molecule has 1 aliphatic heterocycles. The Morgan fingerprint density at radius 1 is 1.29 bits per heavy atom. The first-order valence-electron chi connectivity index (χ1n) is 6.96. The molecule has 0 radical (unpaired) electrons. The number of ether oxygens (including phenoxy) is 1. The lowest BCUT2D eigenvalue weighted by molar-refractivity contribution is -0.0363. The van der Waals surface area contributed by atoms with Crippen LogP contribution in [0.3, 0.4) is 0 Å². The number of amidine groups is 1. The van der Waals surface area contributed by atoms with Gasteiger partial charge in [-0.05, 0) is 17.2 Å². The van der Waals surface area contributed by atoms with Crippen LogP contribution in [-0.4, -0.2) is 12.9 Å². The molecule has 3 rings (SSSR count). The molecule has 2 aromatic carbocycles. The molecule has 1 aliphatic rings. The summed E-state index contributed by atoms with van der Waals surface area (Å²) < 4.78 is 5.83. The molecule has 4 heteroatoms. The maximum absolute atomic E-state index is 7.55. The second-order valence-corrected chi connectivity index (χ2v) is 5.33. The minimum Gasteiger partial charge on any atom is -0.384 e. The fourth-order valence-electron chi connectivity index (χ4n) is 2.93. The molecule has 0 saturated carbocycles. The Kier molecular flexibility index (Phi) is 3.49. The molecule has 21 heavy (non-hydrogen) atoms. The molecule has 0 amide bonds. The number of nitrogens with two attached hydrogens (primary N) is 1. The van der Waals surface area contributed by atoms with Gasteiger partial charge >= 0.3 is 0 Å². The van der Waals surface area contributed by atoms with Crippen LogP contribution in [-0.2, 0) is 23.4 Å². The Hall–Kier alpha value is -2.17. The Bertz CT molecular complexity index is 669. The number of nitrogens with one attached hydrogen (secondary N) is 2. The van der Waals surface area contributed by atoms with Crippen molar-refractivity contribution < 1.29 is 4.74 Å². The molecular weight excluding hydrogens is 262 g/mol. The SMILES string of the molecule is COC1(Cc2ccccc2)NCc2cc(C(=N)N)ccc21. The molecular formula is C17H19N3O. The zero-order valence-corrected chi connectivity index (χ0v) is 12.0. The van der Waals surface area contributed by atoms with E-state index >= 15 is 0 Å². The smallest absolute Gasteiger partial charge is 0.149 e. The lowest BCUT2D eigenvalue weighted by atomic mass is 9.93. The quantitative estimate of drug-likeness (QED) is 0.594. The molecule has 1 atom stereocenters. The van der Waals surface area contributed by atoms with E-state index in [1.54, 1.807) is 7.11 Å². The number of hydrogen-bond donors (Lipinski definition) is 3. The van der Waals surface area contributed by atoms with Crippen LogP contribution in [0.25, 0.3) is 0 Å². The summed E-state index contributed by atoms with van der Waals surface area (Å²) >= 11 is 0. The van der Waals surface area contributed by atoms with Gasteiger partial charge in [0.15, 0.2) is 0 Å². The van der Waals surface area contributed by atoms with E-state index in [0.717, 1.165) is 29.7 Å². The van der Waals surface area contributed by atoms with Crippen LogP contribution in [0.5, 0.6) is 0 Å². The van der Waals surface area contributed by atoms with Gasteiger partial charge < -0.3 is 10.5 Å². The molecule has 4 nitrogen and oxygen atoms in total. The molecule has 108 valence electrons. The molecule has 2 aromatic rings. The molecule has 0 aromatic heterocycles. The zero-order chi connectivity index (χ0) is 14.9. The summed E-state index contributed by atoms with van der Waals surface area (Å²) in [4.78, 5) is 0. The van der Waals surface area contributed by atoms with E-state index in [-0.39, 0.29) is 5.84 Å². The van der Waals surface area contributed by atoms with E-state index in [9.17, 15) is 0 Å². The second kappa shape index (κ2) is 5.31. The van der Waals surface area contributed by atoms with Crippen molar-refractivity contribution in [3.05, 3.63) is 70.8 Å². The lowest BCUT2D eigenvalue weighted by Crippen LogP contribution is -2.40. The fraction of sp³-hybridized carbons (Fsp3) is 0.235. The predicted molar refractivity (Wildman–Crippen MR) is 83.1 cm³/mol. The van der Waals surface area contributed by atoms with Crippen molar-refractivity contribution in [1.29, 1.82) is 5.41 Å². The minimum absolute atomic E-state index is 0.0933. The van der Waals surface area contributed by atoms with Crippen LogP contribution >= 0.6 is 0 Å². The first-order valence-corrected chi connectivity index (χ1v) is 6.96. The van der Waals surface area contributed by atoms with Crippen molar-refractivity contribution in [3.63, 3.8) is 0 Å². The van der Waals surface area contributed by atoms with E-state index in [4.69, 9.17) is 15.9 Å². The number of methoxy groups -OCH3 is 1. The maximum atomic E-state index is 7.55. The van der Waals surface area contributed by atoms with Crippen LogP contribution in [0.1, 0.15) is 22.3 Å². The summed E-state index contributed by atoms with van der Waals surface area (Å²) in [6.07, 6.45) is 0.761. The third-order valence-corrected chi connectivity index (χ3v) is 4.06. The van der Waals surface area contributed by atoms with Gasteiger partial charge in [-0.3, -0.25) is 10.7 Å². The first-order chi connectivity index (χ1) is 10.1. The number of fused-ring (bicyclic) bond motifs is 1. The average Bonchev–Trinajstić information content (AvgIpc) is 2.87. The van der Waals surface area contributed by atoms with Crippen molar-refractivity contribution in [3.8, 4) is 0 Å². The molecule has 1 heterocycles. The highest BCUT2D eigenvalue weighted by Gasteiger charge is 2.38. The normalized spacial score (nSPS) is 20.2. The fourth-order valence-corrected chi connectivity index (χ4v) is 2.93. The van der Waals surface area contributed by atoms with Gasteiger partial charge in [0.1, 0.15) is 11.6 Å². The van der Waals surface area contributed by atoms with Crippen LogP contribution in [0.15, 0.2) is 48.5 Å². The van der Waals surface area contributed by atoms with Gasteiger partial charge in [-0.2, -0.15) is 0 Å². The Morgan fingerprint density at radius 3 is 2.71 bits per heavy atom. The molecule has 0 aliphatic carbocycles. The van der Waals surface area contributed by atoms with E-state index in [2.05, 4.69) is 17.4 Å². The molecule has 0 fully saturated rings. The summed E-state index contributed by atoms with van der Waals surface area (Å²) in [5.74, 6) is 0.0933. The highest BCUT2D eigenvalue weighted by molar-refractivity contribution is 5.95. The van der Waals surface area contributed by atoms with Crippen molar-refractivity contribution in [2.45, 2.75) is 18.7 Å². The van der Waals surface area contributed by atoms with Crippen molar-refractivity contribution in [2.75, 3.05) is 7.11 Å². The number of benzene rings is 2. The largest absolute Gasteiger partial charge is 0.384 e. The van der Waals surface area contributed by atoms with Crippen LogP contribution in [0, 0.1) is 5.41 Å². The molecule has 0 bridgehead atoms. The lowest BCUT2D eigenvalue weighted by Gasteiger charge is -2.29. The van der Waals surface area contributed by atoms with Gasteiger partial charge in [0, 0.05) is 31.2 Å². The van der Waals surface area contributed by atoms with Crippen molar-refractivity contribution in [1.82, 2.24) is 5.32 Å². The summed E-state index contributed by atoms with van der Waals surface area (Å²) in [6, 6.07) is 16.1. The van der Waals surface area contributed by atoms with Crippen LogP contribution in [0.2, 0.25) is 0 Å². The summed E-state index contributed by atoms with van der Waals surface area (Å²) in [5, 5.41) is 11.0. The maximum Gasteiger partial charge on any atom is 0.149 e. The zero-order valence-electron chi connectivity index (χ0n) is 12.0. The average molecular weight is 281 g/mol. The summed E-state index contributed by atoms with van der Waals surface area (Å²) in [5.41, 5.74) is 9.29. The molecule has 4 N–H and O–H groups in total. The minimum atomic E-state index is -0.508.